The molecule has 0 aromatic carbocycles. The summed E-state index contributed by atoms with van der Waals surface area (Å²) in [6.45, 7) is 2.18. The highest BCUT2D eigenvalue weighted by molar-refractivity contribution is 5.77. The average molecular weight is 1230 g/mol. The van der Waals surface area contributed by atoms with Gasteiger partial charge in [0.2, 0.25) is 11.8 Å². The van der Waals surface area contributed by atoms with Gasteiger partial charge in [-0.1, -0.05) is 206 Å². The van der Waals surface area contributed by atoms with Crippen molar-refractivity contribution >= 4 is 17.8 Å². The van der Waals surface area contributed by atoms with E-state index in [2.05, 4.69) is 24.5 Å². The first kappa shape index (κ1) is 77.0. The molecule has 18 unspecified atom stereocenters. The molecule has 0 aliphatic carbocycles. The van der Waals surface area contributed by atoms with E-state index in [-0.39, 0.29) is 18.9 Å². The Labute approximate surface area is 506 Å². The average Bonchev–Trinajstić information content (AvgIpc) is 1.29. The number of hydrogen-bond acceptors (Lipinski definition) is 20. The molecule has 14 N–H and O–H groups in total. The normalized spacial score (nSPS) is 29.5. The fraction of sp³-hybridized carbons (Fsp3) is 0.952. The number of ether oxygens (including phenoxy) is 6. The second-order valence-corrected chi connectivity index (χ2v) is 24.3. The van der Waals surface area contributed by atoms with Crippen LogP contribution >= 0.6 is 0 Å². The van der Waals surface area contributed by atoms with Crippen molar-refractivity contribution in [3.63, 3.8) is 0 Å². The number of aliphatic carboxylic acids is 1. The fourth-order valence-corrected chi connectivity index (χ4v) is 11.8. The highest BCUT2D eigenvalue weighted by atomic mass is 16.8. The summed E-state index contributed by atoms with van der Waals surface area (Å²) in [6, 6.07) is -2.52. The highest BCUT2D eigenvalue weighted by Crippen LogP contribution is 2.39. The van der Waals surface area contributed by atoms with Gasteiger partial charge in [-0.15, -0.1) is 0 Å². The maximum absolute atomic E-state index is 13.4. The lowest BCUT2D eigenvalue weighted by atomic mass is 9.88. The third-order valence-corrected chi connectivity index (χ3v) is 17.1. The molecular formula is C62H116N2O21. The van der Waals surface area contributed by atoms with Crippen molar-refractivity contribution in [1.29, 1.82) is 0 Å². The summed E-state index contributed by atoms with van der Waals surface area (Å²) >= 11 is 0. The lowest BCUT2D eigenvalue weighted by Gasteiger charge is -2.50. The van der Waals surface area contributed by atoms with Crippen molar-refractivity contribution in [3.05, 3.63) is 0 Å². The van der Waals surface area contributed by atoms with Gasteiger partial charge < -0.3 is 100 Å². The number of carboxylic acids is 1. The van der Waals surface area contributed by atoms with Gasteiger partial charge in [-0.3, -0.25) is 9.59 Å². The molecule has 85 heavy (non-hydrogen) atoms. The van der Waals surface area contributed by atoms with Crippen molar-refractivity contribution in [2.75, 3.05) is 26.4 Å². The summed E-state index contributed by atoms with van der Waals surface area (Å²) in [5.41, 5.74) is 0. The van der Waals surface area contributed by atoms with Gasteiger partial charge >= 0.3 is 5.97 Å². The summed E-state index contributed by atoms with van der Waals surface area (Å²) < 4.78 is 34.8. The summed E-state index contributed by atoms with van der Waals surface area (Å²) in [5.74, 6) is -6.10. The van der Waals surface area contributed by atoms with E-state index in [9.17, 15) is 75.7 Å². The summed E-state index contributed by atoms with van der Waals surface area (Å²) in [6.07, 6.45) is 8.47. The predicted octanol–water partition coefficient (Wildman–Crippen LogP) is 4.56. The van der Waals surface area contributed by atoms with E-state index in [1.807, 2.05) is 0 Å². The zero-order valence-corrected chi connectivity index (χ0v) is 51.7. The first-order valence-electron chi connectivity index (χ1n) is 32.9. The van der Waals surface area contributed by atoms with Crippen molar-refractivity contribution in [1.82, 2.24) is 10.6 Å². The second kappa shape index (κ2) is 44.2. The van der Waals surface area contributed by atoms with Crippen LogP contribution in [0, 0.1) is 0 Å². The maximum Gasteiger partial charge on any atom is 0.364 e. The number of carbonyl (C=O) groups excluding carboxylic acids is 2. The number of hydrogen-bond donors (Lipinski definition) is 14. The number of carbonyl (C=O) groups is 3. The van der Waals surface area contributed by atoms with Crippen LogP contribution in [-0.2, 0) is 42.8 Å². The number of carboxylic acid groups (broad SMARTS) is 1. The zero-order chi connectivity index (χ0) is 62.6. The van der Waals surface area contributed by atoms with Gasteiger partial charge in [-0.2, -0.15) is 0 Å². The minimum absolute atomic E-state index is 0.227. The molecule has 23 heteroatoms. The molecule has 0 aromatic heterocycles. The van der Waals surface area contributed by atoms with Crippen LogP contribution in [0.5, 0.6) is 0 Å². The lowest BCUT2D eigenvalue weighted by Crippen LogP contribution is -2.70. The monoisotopic (exact) mass is 1220 g/mol. The number of aliphatic hydroxyl groups excluding tert-OH is 11. The van der Waals surface area contributed by atoms with E-state index in [1.165, 1.54) is 135 Å². The van der Waals surface area contributed by atoms with E-state index >= 15 is 0 Å². The maximum atomic E-state index is 13.4. The van der Waals surface area contributed by atoms with E-state index < -0.39 is 148 Å². The van der Waals surface area contributed by atoms with Crippen molar-refractivity contribution in [3.8, 4) is 0 Å². The molecular weight excluding hydrogens is 1110 g/mol. The van der Waals surface area contributed by atoms with Gasteiger partial charge in [-0.05, 0) is 12.8 Å². The third-order valence-electron chi connectivity index (χ3n) is 17.1. The summed E-state index contributed by atoms with van der Waals surface area (Å²) in [5, 5.41) is 136. The molecule has 3 saturated heterocycles. The molecule has 3 rings (SSSR count). The molecule has 0 aromatic rings. The molecule has 0 radical (unpaired) electrons. The molecule has 18 atom stereocenters. The first-order valence-corrected chi connectivity index (χ1v) is 32.9. The van der Waals surface area contributed by atoms with Crippen LogP contribution in [0.25, 0.3) is 0 Å². The smallest absolute Gasteiger partial charge is 0.364 e. The van der Waals surface area contributed by atoms with Crippen LogP contribution in [-0.4, -0.2) is 215 Å². The molecule has 500 valence electrons. The highest BCUT2D eigenvalue weighted by Gasteiger charge is 2.60. The SMILES string of the molecule is CCCCCCCCCCCCCCCCCCCCCCCC(O)C(COC1OC(CO)C(OC2OC(CO)C(O)C(OC3(C(=O)O)CC(O)C(NC(C)=O)C(C(O)C(O)CO)O3)C2O)C(O)C1O)NC(=O)CCCCCCCCCCCC. The van der Waals surface area contributed by atoms with Gasteiger partial charge in [0.15, 0.2) is 12.6 Å². The van der Waals surface area contributed by atoms with Crippen LogP contribution in [0.3, 0.4) is 0 Å². The molecule has 3 heterocycles. The van der Waals surface area contributed by atoms with E-state index in [0.717, 1.165) is 58.3 Å². The van der Waals surface area contributed by atoms with Gasteiger partial charge in [-0.25, -0.2) is 4.79 Å². The zero-order valence-electron chi connectivity index (χ0n) is 51.7. The molecule has 23 nitrogen and oxygen atoms in total. The summed E-state index contributed by atoms with van der Waals surface area (Å²) in [7, 11) is 0. The van der Waals surface area contributed by atoms with Crippen LogP contribution in [0.2, 0.25) is 0 Å². The lowest BCUT2D eigenvalue weighted by molar-refractivity contribution is -0.386. The summed E-state index contributed by atoms with van der Waals surface area (Å²) in [4.78, 5) is 38.4. The van der Waals surface area contributed by atoms with E-state index in [1.54, 1.807) is 0 Å². The van der Waals surface area contributed by atoms with Gasteiger partial charge in [0.1, 0.15) is 67.1 Å². The molecule has 3 aliphatic rings. The van der Waals surface area contributed by atoms with Crippen molar-refractivity contribution in [2.24, 2.45) is 0 Å². The predicted molar refractivity (Wildman–Crippen MR) is 315 cm³/mol. The van der Waals surface area contributed by atoms with Crippen molar-refractivity contribution < 1.29 is 104 Å². The molecule has 0 bridgehead atoms. The fourth-order valence-electron chi connectivity index (χ4n) is 11.8. The van der Waals surface area contributed by atoms with Crippen LogP contribution in [0.1, 0.15) is 239 Å². The van der Waals surface area contributed by atoms with Gasteiger partial charge in [0, 0.05) is 19.8 Å². The van der Waals surface area contributed by atoms with E-state index in [4.69, 9.17) is 28.4 Å². The number of rotatable bonds is 49. The Kier molecular flexibility index (Phi) is 40.1. The number of nitrogens with one attached hydrogen (secondary N) is 2. The van der Waals surface area contributed by atoms with Crippen molar-refractivity contribution in [2.45, 2.75) is 349 Å². The quantitative estimate of drug-likeness (QED) is 0.0371. The first-order chi connectivity index (χ1) is 40.9. The Hall–Kier alpha value is -2.27. The number of unbranched alkanes of at least 4 members (excludes halogenated alkanes) is 29. The molecule has 0 spiro atoms. The topological polar surface area (TPSA) is 373 Å². The standard InChI is InChI=1S/C62H116N2O21/c1-4-6-8-10-12-14-16-17-18-19-20-21-22-23-24-25-26-27-29-31-33-35-44(69)43(64-49(72)36-34-32-30-28-15-13-11-9-7-5-2)41-80-59-54(76)53(75)56(48(40-67)82-59)83-60-55(77)58(52(74)47(39-66)81-60)85-62(61(78)79)37-45(70)50(63-42(3)68)57(84-62)51(73)46(71)38-65/h43-48,50-60,65-67,69-71,73-77H,4-41H2,1-3H3,(H,63,68)(H,64,72)(H,78,79). The molecule has 0 saturated carbocycles. The van der Waals surface area contributed by atoms with Crippen LogP contribution in [0.15, 0.2) is 0 Å². The molecule has 2 amide bonds. The second-order valence-electron chi connectivity index (χ2n) is 24.3. The molecule has 3 fully saturated rings. The minimum atomic E-state index is -3.08. The van der Waals surface area contributed by atoms with Gasteiger partial charge in [0.25, 0.3) is 5.79 Å². The third kappa shape index (κ3) is 27.8. The Balaban J connectivity index is 1.59. The Bertz CT molecular complexity index is 1740. The minimum Gasteiger partial charge on any atom is -0.477 e. The van der Waals surface area contributed by atoms with E-state index in [0.29, 0.717) is 19.3 Å². The Morgan fingerprint density at radius 1 is 0.565 bits per heavy atom. The van der Waals surface area contributed by atoms with Crippen LogP contribution < -0.4 is 10.6 Å². The van der Waals surface area contributed by atoms with Crippen LogP contribution in [0.4, 0.5) is 0 Å². The number of aliphatic hydroxyl groups is 11. The largest absolute Gasteiger partial charge is 0.477 e. The Morgan fingerprint density at radius 2 is 1.02 bits per heavy atom. The van der Waals surface area contributed by atoms with Gasteiger partial charge in [0.05, 0.1) is 50.7 Å². The Morgan fingerprint density at radius 3 is 1.47 bits per heavy atom. The molecule has 3 aliphatic heterocycles. The number of amides is 2.